The SMILES string of the molecule is CC(C)NC1=NC(c2ccccc2Br)C(=O)N1. The van der Waals surface area contributed by atoms with Crippen LogP contribution >= 0.6 is 15.9 Å². The Morgan fingerprint density at radius 2 is 2.12 bits per heavy atom. The number of hydrogen-bond donors (Lipinski definition) is 2. The zero-order chi connectivity index (χ0) is 12.4. The Kier molecular flexibility index (Phi) is 3.47. The first-order valence-electron chi connectivity index (χ1n) is 5.47. The van der Waals surface area contributed by atoms with Crippen molar-refractivity contribution in [2.24, 2.45) is 4.99 Å². The fourth-order valence-corrected chi connectivity index (χ4v) is 2.16. The molecule has 1 aromatic carbocycles. The van der Waals surface area contributed by atoms with Crippen LogP contribution in [-0.2, 0) is 4.79 Å². The van der Waals surface area contributed by atoms with Crippen LogP contribution in [0.25, 0.3) is 0 Å². The zero-order valence-corrected chi connectivity index (χ0v) is 11.3. The van der Waals surface area contributed by atoms with Crippen LogP contribution < -0.4 is 10.6 Å². The van der Waals surface area contributed by atoms with Gasteiger partial charge in [-0.15, -0.1) is 0 Å². The average Bonchev–Trinajstić information content (AvgIpc) is 2.59. The summed E-state index contributed by atoms with van der Waals surface area (Å²) in [6, 6.07) is 7.40. The molecule has 0 saturated heterocycles. The van der Waals surface area contributed by atoms with Gasteiger partial charge >= 0.3 is 0 Å². The van der Waals surface area contributed by atoms with Crippen molar-refractivity contribution in [3.8, 4) is 0 Å². The first-order valence-corrected chi connectivity index (χ1v) is 6.27. The van der Waals surface area contributed by atoms with Gasteiger partial charge in [-0.25, -0.2) is 4.99 Å². The number of nitrogens with one attached hydrogen (secondary N) is 2. The van der Waals surface area contributed by atoms with Crippen LogP contribution in [0.3, 0.4) is 0 Å². The van der Waals surface area contributed by atoms with E-state index in [9.17, 15) is 4.79 Å². The minimum atomic E-state index is -0.466. The number of amides is 1. The van der Waals surface area contributed by atoms with Crippen molar-refractivity contribution in [1.29, 1.82) is 0 Å². The highest BCUT2D eigenvalue weighted by atomic mass is 79.9. The third-order valence-corrected chi connectivity index (χ3v) is 3.10. The summed E-state index contributed by atoms with van der Waals surface area (Å²) < 4.78 is 0.898. The summed E-state index contributed by atoms with van der Waals surface area (Å²) in [6.45, 7) is 4.00. The maximum Gasteiger partial charge on any atom is 0.256 e. The second-order valence-corrected chi connectivity index (χ2v) is 5.04. The predicted octanol–water partition coefficient (Wildman–Crippen LogP) is 1.97. The molecule has 4 nitrogen and oxygen atoms in total. The van der Waals surface area contributed by atoms with Gasteiger partial charge in [0.1, 0.15) is 0 Å². The molecule has 1 aliphatic rings. The van der Waals surface area contributed by atoms with Gasteiger partial charge in [-0.2, -0.15) is 0 Å². The highest BCUT2D eigenvalue weighted by molar-refractivity contribution is 9.10. The third kappa shape index (κ3) is 2.66. The van der Waals surface area contributed by atoms with Crippen molar-refractivity contribution in [2.45, 2.75) is 25.9 Å². The summed E-state index contributed by atoms with van der Waals surface area (Å²) >= 11 is 3.43. The van der Waals surface area contributed by atoms with Gasteiger partial charge in [-0.3, -0.25) is 10.1 Å². The largest absolute Gasteiger partial charge is 0.354 e. The number of guanidine groups is 1. The Hall–Kier alpha value is -1.36. The molecule has 1 heterocycles. The standard InChI is InChI=1S/C12H14BrN3O/c1-7(2)14-12-15-10(11(17)16-12)8-5-3-4-6-9(8)13/h3-7,10H,1-2H3,(H2,14,15,16,17). The number of halogens is 1. The molecule has 0 fully saturated rings. The van der Waals surface area contributed by atoms with E-state index in [0.717, 1.165) is 10.0 Å². The van der Waals surface area contributed by atoms with Crippen LogP contribution in [0.15, 0.2) is 33.7 Å². The van der Waals surface area contributed by atoms with Gasteiger partial charge in [0.05, 0.1) is 0 Å². The van der Waals surface area contributed by atoms with Crippen molar-refractivity contribution in [2.75, 3.05) is 0 Å². The van der Waals surface area contributed by atoms with Gasteiger partial charge in [-0.1, -0.05) is 34.1 Å². The molecular formula is C12H14BrN3O. The number of hydrogen-bond acceptors (Lipinski definition) is 3. The molecule has 17 heavy (non-hydrogen) atoms. The van der Waals surface area contributed by atoms with E-state index < -0.39 is 6.04 Å². The lowest BCUT2D eigenvalue weighted by Gasteiger charge is -2.07. The molecule has 90 valence electrons. The van der Waals surface area contributed by atoms with Gasteiger partial charge in [0.2, 0.25) is 0 Å². The highest BCUT2D eigenvalue weighted by Crippen LogP contribution is 2.27. The second kappa shape index (κ2) is 4.87. The van der Waals surface area contributed by atoms with Gasteiger partial charge < -0.3 is 5.32 Å². The molecule has 0 bridgehead atoms. The lowest BCUT2D eigenvalue weighted by Crippen LogP contribution is -2.40. The molecule has 0 spiro atoms. The molecule has 1 amide bonds. The Morgan fingerprint density at radius 1 is 1.41 bits per heavy atom. The number of carbonyl (C=O) groups excluding carboxylic acids is 1. The van der Waals surface area contributed by atoms with E-state index in [1.807, 2.05) is 38.1 Å². The Labute approximate surface area is 109 Å². The maximum atomic E-state index is 11.8. The Morgan fingerprint density at radius 3 is 2.76 bits per heavy atom. The molecule has 0 radical (unpaired) electrons. The van der Waals surface area contributed by atoms with E-state index in [4.69, 9.17) is 0 Å². The molecule has 1 unspecified atom stereocenters. The van der Waals surface area contributed by atoms with Gasteiger partial charge in [0.25, 0.3) is 5.91 Å². The normalized spacial score (nSPS) is 19.2. The first kappa shape index (κ1) is 12.1. The first-order chi connectivity index (χ1) is 8.08. The van der Waals surface area contributed by atoms with Crippen LogP contribution in [0.4, 0.5) is 0 Å². The molecule has 2 N–H and O–H groups in total. The topological polar surface area (TPSA) is 53.5 Å². The van der Waals surface area contributed by atoms with Gasteiger partial charge in [0, 0.05) is 16.1 Å². The monoisotopic (exact) mass is 295 g/mol. The Balaban J connectivity index is 2.25. The van der Waals surface area contributed by atoms with E-state index in [0.29, 0.717) is 5.96 Å². The molecular weight excluding hydrogens is 282 g/mol. The van der Waals surface area contributed by atoms with Gasteiger partial charge in [-0.05, 0) is 19.9 Å². The molecule has 2 rings (SSSR count). The fourth-order valence-electron chi connectivity index (χ4n) is 1.66. The summed E-state index contributed by atoms with van der Waals surface area (Å²) in [5, 5.41) is 5.83. The minimum Gasteiger partial charge on any atom is -0.354 e. The van der Waals surface area contributed by atoms with Crippen LogP contribution in [0.5, 0.6) is 0 Å². The molecule has 0 aliphatic carbocycles. The molecule has 1 atom stereocenters. The smallest absolute Gasteiger partial charge is 0.256 e. The van der Waals surface area contributed by atoms with Crippen LogP contribution in [-0.4, -0.2) is 17.9 Å². The van der Waals surface area contributed by atoms with Crippen LogP contribution in [0.2, 0.25) is 0 Å². The third-order valence-electron chi connectivity index (χ3n) is 2.37. The minimum absolute atomic E-state index is 0.0972. The summed E-state index contributed by atoms with van der Waals surface area (Å²) in [7, 11) is 0. The molecule has 1 aliphatic heterocycles. The predicted molar refractivity (Wildman–Crippen MR) is 70.7 cm³/mol. The number of nitrogens with zero attached hydrogens (tertiary/aromatic N) is 1. The van der Waals surface area contributed by atoms with Crippen LogP contribution in [0.1, 0.15) is 25.5 Å². The lowest BCUT2D eigenvalue weighted by atomic mass is 10.1. The number of carbonyl (C=O) groups is 1. The maximum absolute atomic E-state index is 11.8. The van der Waals surface area contributed by atoms with Gasteiger partial charge in [0.15, 0.2) is 12.0 Å². The number of rotatable bonds is 2. The van der Waals surface area contributed by atoms with Crippen molar-refractivity contribution in [3.63, 3.8) is 0 Å². The van der Waals surface area contributed by atoms with E-state index >= 15 is 0 Å². The van der Waals surface area contributed by atoms with E-state index in [-0.39, 0.29) is 11.9 Å². The second-order valence-electron chi connectivity index (χ2n) is 4.19. The summed E-state index contributed by atoms with van der Waals surface area (Å²) in [4.78, 5) is 16.2. The van der Waals surface area contributed by atoms with E-state index in [1.165, 1.54) is 0 Å². The van der Waals surface area contributed by atoms with Crippen molar-refractivity contribution in [3.05, 3.63) is 34.3 Å². The molecule has 1 aromatic rings. The zero-order valence-electron chi connectivity index (χ0n) is 9.70. The highest BCUT2D eigenvalue weighted by Gasteiger charge is 2.29. The van der Waals surface area contributed by atoms with Crippen molar-refractivity contribution < 1.29 is 4.79 Å². The molecule has 5 heteroatoms. The lowest BCUT2D eigenvalue weighted by molar-refractivity contribution is -0.120. The molecule has 0 saturated carbocycles. The van der Waals surface area contributed by atoms with E-state index in [1.54, 1.807) is 0 Å². The van der Waals surface area contributed by atoms with E-state index in [2.05, 4.69) is 31.6 Å². The summed E-state index contributed by atoms with van der Waals surface area (Å²) in [6.07, 6.45) is 0. The Bertz CT molecular complexity index is 471. The summed E-state index contributed by atoms with van der Waals surface area (Å²) in [5.41, 5.74) is 0.880. The fraction of sp³-hybridized carbons (Fsp3) is 0.333. The number of benzene rings is 1. The molecule has 0 aromatic heterocycles. The quantitative estimate of drug-likeness (QED) is 0.876. The average molecular weight is 296 g/mol. The van der Waals surface area contributed by atoms with Crippen molar-refractivity contribution in [1.82, 2.24) is 10.6 Å². The summed E-state index contributed by atoms with van der Waals surface area (Å²) in [5.74, 6) is 0.450. The van der Waals surface area contributed by atoms with Crippen LogP contribution in [0, 0.1) is 0 Å². The van der Waals surface area contributed by atoms with Crippen molar-refractivity contribution >= 4 is 27.8 Å². The number of aliphatic imine (C=N–C) groups is 1.